The molecule has 0 aliphatic heterocycles. The molecule has 1 heterocycles. The molecule has 0 spiro atoms. The number of benzene rings is 1. The van der Waals surface area contributed by atoms with Crippen molar-refractivity contribution in [3.8, 4) is 0 Å². The van der Waals surface area contributed by atoms with Crippen LogP contribution in [0.1, 0.15) is 26.6 Å². The van der Waals surface area contributed by atoms with E-state index >= 15 is 0 Å². The van der Waals surface area contributed by atoms with Gasteiger partial charge in [0.15, 0.2) is 0 Å². The molecule has 1 N–H and O–H groups in total. The van der Waals surface area contributed by atoms with E-state index < -0.39 is 0 Å². The van der Waals surface area contributed by atoms with Crippen molar-refractivity contribution in [2.24, 2.45) is 0 Å². The summed E-state index contributed by atoms with van der Waals surface area (Å²) >= 11 is 0. The molecule has 1 aromatic heterocycles. The standard InChI is InChI=1S/C17H21N3O3/c1-11(2)17(22)18-9-15-19-13-7-5-6-8-14(13)20(15)10-16(21)23-12(3)4/h5-8,12H,1,9-10H2,2-4H3,(H,18,22). The lowest BCUT2D eigenvalue weighted by Gasteiger charge is -2.12. The van der Waals surface area contributed by atoms with Crippen LogP contribution in [-0.2, 0) is 27.4 Å². The summed E-state index contributed by atoms with van der Waals surface area (Å²) in [5.41, 5.74) is 2.02. The second-order valence-corrected chi connectivity index (χ2v) is 5.60. The summed E-state index contributed by atoms with van der Waals surface area (Å²) in [5.74, 6) is 0.0190. The number of amides is 1. The van der Waals surface area contributed by atoms with Crippen LogP contribution in [0.5, 0.6) is 0 Å². The number of hydrogen-bond acceptors (Lipinski definition) is 4. The second kappa shape index (κ2) is 7.09. The van der Waals surface area contributed by atoms with Crippen LogP contribution in [0.25, 0.3) is 11.0 Å². The Morgan fingerprint density at radius 3 is 2.70 bits per heavy atom. The van der Waals surface area contributed by atoms with E-state index in [1.165, 1.54) is 0 Å². The minimum absolute atomic E-state index is 0.0525. The number of carbonyl (C=O) groups is 2. The van der Waals surface area contributed by atoms with Gasteiger partial charge >= 0.3 is 5.97 Å². The van der Waals surface area contributed by atoms with E-state index in [4.69, 9.17) is 4.74 Å². The maximum atomic E-state index is 12.0. The van der Waals surface area contributed by atoms with E-state index in [2.05, 4.69) is 16.9 Å². The van der Waals surface area contributed by atoms with E-state index in [0.29, 0.717) is 11.4 Å². The van der Waals surface area contributed by atoms with Crippen LogP contribution >= 0.6 is 0 Å². The Labute approximate surface area is 135 Å². The molecule has 2 rings (SSSR count). The number of carbonyl (C=O) groups excluding carboxylic acids is 2. The highest BCUT2D eigenvalue weighted by Crippen LogP contribution is 2.16. The first-order valence-electron chi connectivity index (χ1n) is 7.45. The fourth-order valence-electron chi connectivity index (χ4n) is 2.18. The van der Waals surface area contributed by atoms with Crippen molar-refractivity contribution in [3.63, 3.8) is 0 Å². The molecule has 1 amide bonds. The maximum Gasteiger partial charge on any atom is 0.326 e. The average molecular weight is 315 g/mol. The van der Waals surface area contributed by atoms with Crippen LogP contribution < -0.4 is 5.32 Å². The molecule has 0 unspecified atom stereocenters. The summed E-state index contributed by atoms with van der Waals surface area (Å²) in [6.45, 7) is 9.11. The van der Waals surface area contributed by atoms with Crippen molar-refractivity contribution < 1.29 is 14.3 Å². The molecule has 6 nitrogen and oxygen atoms in total. The number of fused-ring (bicyclic) bond motifs is 1. The lowest BCUT2D eigenvalue weighted by atomic mass is 10.3. The van der Waals surface area contributed by atoms with Crippen LogP contribution in [0, 0.1) is 0 Å². The molecule has 2 aromatic rings. The first-order valence-corrected chi connectivity index (χ1v) is 7.45. The summed E-state index contributed by atoms with van der Waals surface area (Å²) in [6.07, 6.45) is -0.177. The van der Waals surface area contributed by atoms with Crippen molar-refractivity contribution in [3.05, 3.63) is 42.2 Å². The number of aromatic nitrogens is 2. The molecular weight excluding hydrogens is 294 g/mol. The van der Waals surface area contributed by atoms with E-state index in [0.717, 1.165) is 11.0 Å². The van der Waals surface area contributed by atoms with Gasteiger partial charge < -0.3 is 14.6 Å². The zero-order valence-corrected chi connectivity index (χ0v) is 13.6. The van der Waals surface area contributed by atoms with Gasteiger partial charge in [0.25, 0.3) is 0 Å². The van der Waals surface area contributed by atoms with E-state index in [-0.39, 0.29) is 31.1 Å². The van der Waals surface area contributed by atoms with Crippen molar-refractivity contribution >= 4 is 22.9 Å². The van der Waals surface area contributed by atoms with Crippen molar-refractivity contribution in [1.29, 1.82) is 0 Å². The molecule has 6 heteroatoms. The van der Waals surface area contributed by atoms with Crippen molar-refractivity contribution in [1.82, 2.24) is 14.9 Å². The Kier molecular flexibility index (Phi) is 5.16. The van der Waals surface area contributed by atoms with Crippen LogP contribution in [0.3, 0.4) is 0 Å². The number of hydrogen-bond donors (Lipinski definition) is 1. The zero-order valence-electron chi connectivity index (χ0n) is 13.6. The smallest absolute Gasteiger partial charge is 0.326 e. The minimum Gasteiger partial charge on any atom is -0.462 e. The lowest BCUT2D eigenvalue weighted by molar-refractivity contribution is -0.148. The van der Waals surface area contributed by atoms with Crippen LogP contribution in [0.2, 0.25) is 0 Å². The minimum atomic E-state index is -0.337. The largest absolute Gasteiger partial charge is 0.462 e. The molecule has 0 atom stereocenters. The van der Waals surface area contributed by atoms with Gasteiger partial charge in [0.05, 0.1) is 23.7 Å². The van der Waals surface area contributed by atoms with Crippen LogP contribution in [-0.4, -0.2) is 27.5 Å². The third kappa shape index (κ3) is 4.18. The molecule has 0 saturated carbocycles. The highest BCUT2D eigenvalue weighted by atomic mass is 16.5. The molecule has 1 aromatic carbocycles. The molecule has 122 valence electrons. The van der Waals surface area contributed by atoms with E-state index in [1.807, 2.05) is 24.3 Å². The lowest BCUT2D eigenvalue weighted by Crippen LogP contribution is -2.26. The number of nitrogens with one attached hydrogen (secondary N) is 1. The highest BCUT2D eigenvalue weighted by Gasteiger charge is 2.15. The second-order valence-electron chi connectivity index (χ2n) is 5.60. The molecule has 0 radical (unpaired) electrons. The van der Waals surface area contributed by atoms with Gasteiger partial charge in [-0.05, 0) is 32.9 Å². The summed E-state index contributed by atoms with van der Waals surface area (Å²) in [4.78, 5) is 28.1. The Hall–Kier alpha value is -2.63. The van der Waals surface area contributed by atoms with Gasteiger partial charge in [0.1, 0.15) is 12.4 Å². The maximum absolute atomic E-state index is 12.0. The first-order chi connectivity index (χ1) is 10.9. The van der Waals surface area contributed by atoms with Gasteiger partial charge in [-0.2, -0.15) is 0 Å². The first kappa shape index (κ1) is 16.7. The SMILES string of the molecule is C=C(C)C(=O)NCc1nc2ccccc2n1CC(=O)OC(C)C. The third-order valence-electron chi connectivity index (χ3n) is 3.18. The van der Waals surface area contributed by atoms with E-state index in [1.54, 1.807) is 25.3 Å². The molecule has 0 saturated heterocycles. The predicted octanol–water partition coefficient (Wildman–Crippen LogP) is 2.18. The van der Waals surface area contributed by atoms with Gasteiger partial charge in [-0.3, -0.25) is 9.59 Å². The number of esters is 1. The number of ether oxygens (including phenoxy) is 1. The number of imidazole rings is 1. The zero-order chi connectivity index (χ0) is 17.0. The van der Waals surface area contributed by atoms with Crippen molar-refractivity contribution in [2.75, 3.05) is 0 Å². The quantitative estimate of drug-likeness (QED) is 0.655. The normalized spacial score (nSPS) is 10.8. The summed E-state index contributed by atoms with van der Waals surface area (Å²) in [6, 6.07) is 7.51. The topological polar surface area (TPSA) is 73.2 Å². The Morgan fingerprint density at radius 1 is 1.35 bits per heavy atom. The summed E-state index contributed by atoms with van der Waals surface area (Å²) in [5, 5.41) is 2.74. The monoisotopic (exact) mass is 315 g/mol. The summed E-state index contributed by atoms with van der Waals surface area (Å²) in [7, 11) is 0. The van der Waals surface area contributed by atoms with Gasteiger partial charge in [-0.25, -0.2) is 4.98 Å². The highest BCUT2D eigenvalue weighted by molar-refractivity contribution is 5.92. The molecule has 0 bridgehead atoms. The molecule has 0 fully saturated rings. The van der Waals surface area contributed by atoms with Crippen LogP contribution in [0.15, 0.2) is 36.4 Å². The Morgan fingerprint density at radius 2 is 2.04 bits per heavy atom. The number of nitrogens with zero attached hydrogens (tertiary/aromatic N) is 2. The molecule has 0 aliphatic carbocycles. The number of rotatable bonds is 6. The number of para-hydroxylation sites is 2. The van der Waals surface area contributed by atoms with Gasteiger partial charge in [0.2, 0.25) is 5.91 Å². The van der Waals surface area contributed by atoms with E-state index in [9.17, 15) is 9.59 Å². The van der Waals surface area contributed by atoms with Crippen LogP contribution in [0.4, 0.5) is 0 Å². The van der Waals surface area contributed by atoms with Gasteiger partial charge in [-0.15, -0.1) is 0 Å². The van der Waals surface area contributed by atoms with Gasteiger partial charge in [0, 0.05) is 5.57 Å². The van der Waals surface area contributed by atoms with Crippen molar-refractivity contribution in [2.45, 2.75) is 40.0 Å². The summed E-state index contributed by atoms with van der Waals surface area (Å²) < 4.78 is 6.96. The molecule has 23 heavy (non-hydrogen) atoms. The average Bonchev–Trinajstić information content (AvgIpc) is 2.82. The van der Waals surface area contributed by atoms with Gasteiger partial charge in [-0.1, -0.05) is 18.7 Å². The Bertz CT molecular complexity index is 747. The predicted molar refractivity (Wildman–Crippen MR) is 87.6 cm³/mol. The fraction of sp³-hybridized carbons (Fsp3) is 0.353. The third-order valence-corrected chi connectivity index (χ3v) is 3.18. The molecule has 0 aliphatic rings. The molecular formula is C17H21N3O3. The fourth-order valence-corrected chi connectivity index (χ4v) is 2.18. The Balaban J connectivity index is 2.28.